The Hall–Kier alpha value is -1.88. The van der Waals surface area contributed by atoms with E-state index in [1.165, 1.54) is 5.56 Å². The first-order chi connectivity index (χ1) is 12.3. The number of nitrogens with zero attached hydrogens (tertiary/aromatic N) is 2. The molecule has 1 saturated heterocycles. The van der Waals surface area contributed by atoms with Gasteiger partial charge in [-0.2, -0.15) is 0 Å². The number of nitrogens with one attached hydrogen (secondary N) is 1. The quantitative estimate of drug-likeness (QED) is 0.850. The van der Waals surface area contributed by atoms with E-state index in [4.69, 9.17) is 0 Å². The Morgan fingerprint density at radius 3 is 2.23 bits per heavy atom. The van der Waals surface area contributed by atoms with Gasteiger partial charge in [-0.05, 0) is 29.5 Å². The maximum Gasteiger partial charge on any atom is 0.253 e. The molecular formula is C21H33N3O2. The molecule has 0 radical (unpaired) electrons. The van der Waals surface area contributed by atoms with E-state index in [0.717, 1.165) is 32.6 Å². The van der Waals surface area contributed by atoms with Crippen LogP contribution in [0.2, 0.25) is 0 Å². The highest BCUT2D eigenvalue weighted by atomic mass is 16.2. The van der Waals surface area contributed by atoms with Crippen LogP contribution in [0.1, 0.15) is 56.5 Å². The van der Waals surface area contributed by atoms with Crippen molar-refractivity contribution < 1.29 is 9.59 Å². The highest BCUT2D eigenvalue weighted by Gasteiger charge is 2.21. The zero-order chi connectivity index (χ0) is 19.2. The summed E-state index contributed by atoms with van der Waals surface area (Å²) in [5.41, 5.74) is 1.98. The van der Waals surface area contributed by atoms with Crippen molar-refractivity contribution in [2.75, 3.05) is 39.3 Å². The summed E-state index contributed by atoms with van der Waals surface area (Å²) in [5.74, 6) is 0.156. The molecule has 2 rings (SSSR count). The zero-order valence-electron chi connectivity index (χ0n) is 16.7. The smallest absolute Gasteiger partial charge is 0.253 e. The summed E-state index contributed by atoms with van der Waals surface area (Å²) >= 11 is 0. The molecule has 1 aromatic carbocycles. The van der Waals surface area contributed by atoms with Gasteiger partial charge in [-0.3, -0.25) is 9.59 Å². The van der Waals surface area contributed by atoms with Gasteiger partial charge in [0.1, 0.15) is 0 Å². The van der Waals surface area contributed by atoms with Gasteiger partial charge in [0.2, 0.25) is 5.91 Å². The summed E-state index contributed by atoms with van der Waals surface area (Å²) in [6.07, 6.45) is 1.28. The maximum absolute atomic E-state index is 12.9. The van der Waals surface area contributed by atoms with E-state index >= 15 is 0 Å². The molecule has 1 heterocycles. The molecule has 0 spiro atoms. The van der Waals surface area contributed by atoms with Gasteiger partial charge in [-0.25, -0.2) is 0 Å². The fourth-order valence-corrected chi connectivity index (χ4v) is 3.18. The minimum Gasteiger partial charge on any atom is -0.340 e. The topological polar surface area (TPSA) is 52.7 Å². The van der Waals surface area contributed by atoms with Gasteiger partial charge in [-0.15, -0.1) is 0 Å². The molecule has 144 valence electrons. The van der Waals surface area contributed by atoms with Crippen LogP contribution in [0, 0.1) is 0 Å². The lowest BCUT2D eigenvalue weighted by Crippen LogP contribution is -2.47. The fraction of sp³-hybridized carbons (Fsp3) is 0.619. The average molecular weight is 360 g/mol. The lowest BCUT2D eigenvalue weighted by molar-refractivity contribution is -0.131. The van der Waals surface area contributed by atoms with Gasteiger partial charge in [0, 0.05) is 51.3 Å². The maximum atomic E-state index is 12.9. The number of hydrogen-bond donors (Lipinski definition) is 1. The number of rotatable bonds is 6. The second-order valence-corrected chi connectivity index (χ2v) is 8.00. The van der Waals surface area contributed by atoms with E-state index in [9.17, 15) is 9.59 Å². The van der Waals surface area contributed by atoms with E-state index < -0.39 is 0 Å². The third-order valence-corrected chi connectivity index (χ3v) is 4.84. The molecule has 1 aliphatic rings. The SMILES string of the molecule is CCCN(CCC(=O)N1CCNCC1)C(=O)c1ccc(C(C)(C)C)cc1. The van der Waals surface area contributed by atoms with Crippen LogP contribution >= 0.6 is 0 Å². The number of carbonyl (C=O) groups excluding carboxylic acids is 2. The van der Waals surface area contributed by atoms with Crippen LogP contribution in [0.25, 0.3) is 0 Å². The summed E-state index contributed by atoms with van der Waals surface area (Å²) in [7, 11) is 0. The second-order valence-electron chi connectivity index (χ2n) is 8.00. The Labute approximate surface area is 157 Å². The lowest BCUT2D eigenvalue weighted by Gasteiger charge is -2.29. The van der Waals surface area contributed by atoms with Crippen LogP contribution in [0.5, 0.6) is 0 Å². The standard InChI is InChI=1S/C21H33N3O2/c1-5-13-24(14-10-19(25)23-15-11-22-12-16-23)20(26)17-6-8-18(9-7-17)21(2,3)4/h6-9,22H,5,10-16H2,1-4H3. The predicted molar refractivity (Wildman–Crippen MR) is 105 cm³/mol. The van der Waals surface area contributed by atoms with Crippen LogP contribution in [0.3, 0.4) is 0 Å². The van der Waals surface area contributed by atoms with Crippen molar-refractivity contribution in [3.8, 4) is 0 Å². The Morgan fingerprint density at radius 1 is 1.08 bits per heavy atom. The molecule has 1 aliphatic heterocycles. The highest BCUT2D eigenvalue weighted by Crippen LogP contribution is 2.22. The molecule has 0 unspecified atom stereocenters. The van der Waals surface area contributed by atoms with Gasteiger partial charge in [-0.1, -0.05) is 39.8 Å². The molecule has 0 atom stereocenters. The van der Waals surface area contributed by atoms with Gasteiger partial charge >= 0.3 is 0 Å². The lowest BCUT2D eigenvalue weighted by atomic mass is 9.86. The van der Waals surface area contributed by atoms with E-state index in [1.54, 1.807) is 0 Å². The Morgan fingerprint density at radius 2 is 1.69 bits per heavy atom. The van der Waals surface area contributed by atoms with Gasteiger partial charge in [0.05, 0.1) is 0 Å². The predicted octanol–water partition coefficient (Wildman–Crippen LogP) is 2.66. The van der Waals surface area contributed by atoms with Crippen LogP contribution in [0.15, 0.2) is 24.3 Å². The minimum absolute atomic E-state index is 0.0143. The molecular weight excluding hydrogens is 326 g/mol. The van der Waals surface area contributed by atoms with Crippen molar-refractivity contribution >= 4 is 11.8 Å². The molecule has 26 heavy (non-hydrogen) atoms. The number of carbonyl (C=O) groups is 2. The van der Waals surface area contributed by atoms with Crippen molar-refractivity contribution in [3.05, 3.63) is 35.4 Å². The van der Waals surface area contributed by atoms with E-state index in [0.29, 0.717) is 25.1 Å². The Balaban J connectivity index is 1.98. The largest absolute Gasteiger partial charge is 0.340 e. The monoisotopic (exact) mass is 359 g/mol. The van der Waals surface area contributed by atoms with Gasteiger partial charge in [0.25, 0.3) is 5.91 Å². The normalized spacial score (nSPS) is 15.0. The molecule has 1 aromatic rings. The number of piperazine rings is 1. The van der Waals surface area contributed by atoms with Gasteiger partial charge < -0.3 is 15.1 Å². The third kappa shape index (κ3) is 5.56. The number of hydrogen-bond acceptors (Lipinski definition) is 3. The summed E-state index contributed by atoms with van der Waals surface area (Å²) in [6, 6.07) is 7.87. The van der Waals surface area contributed by atoms with Crippen molar-refractivity contribution in [1.29, 1.82) is 0 Å². The van der Waals surface area contributed by atoms with E-state index in [-0.39, 0.29) is 17.2 Å². The third-order valence-electron chi connectivity index (χ3n) is 4.84. The molecule has 0 aromatic heterocycles. The van der Waals surface area contributed by atoms with Crippen LogP contribution in [0.4, 0.5) is 0 Å². The van der Waals surface area contributed by atoms with Gasteiger partial charge in [0.15, 0.2) is 0 Å². The first-order valence-electron chi connectivity index (χ1n) is 9.71. The van der Waals surface area contributed by atoms with Crippen molar-refractivity contribution in [1.82, 2.24) is 15.1 Å². The number of benzene rings is 1. The molecule has 5 nitrogen and oxygen atoms in total. The first-order valence-corrected chi connectivity index (χ1v) is 9.71. The summed E-state index contributed by atoms with van der Waals surface area (Å²) in [4.78, 5) is 29.0. The van der Waals surface area contributed by atoms with E-state index in [1.807, 2.05) is 34.1 Å². The molecule has 0 saturated carbocycles. The fourth-order valence-electron chi connectivity index (χ4n) is 3.18. The molecule has 0 bridgehead atoms. The Bertz CT molecular complexity index is 599. The zero-order valence-corrected chi connectivity index (χ0v) is 16.7. The molecule has 0 aliphatic carbocycles. The highest BCUT2D eigenvalue weighted by molar-refractivity contribution is 5.94. The Kier molecular flexibility index (Phi) is 7.21. The summed E-state index contributed by atoms with van der Waals surface area (Å²) in [6.45, 7) is 12.9. The average Bonchev–Trinajstić information content (AvgIpc) is 2.64. The van der Waals surface area contributed by atoms with Crippen LogP contribution in [-0.4, -0.2) is 60.9 Å². The minimum atomic E-state index is 0.0143. The van der Waals surface area contributed by atoms with Crippen molar-refractivity contribution in [2.24, 2.45) is 0 Å². The van der Waals surface area contributed by atoms with Crippen LogP contribution < -0.4 is 5.32 Å². The summed E-state index contributed by atoms with van der Waals surface area (Å²) < 4.78 is 0. The summed E-state index contributed by atoms with van der Waals surface area (Å²) in [5, 5.41) is 3.25. The van der Waals surface area contributed by atoms with Crippen molar-refractivity contribution in [2.45, 2.75) is 46.0 Å². The molecule has 1 fully saturated rings. The molecule has 5 heteroatoms. The molecule has 2 amide bonds. The molecule has 1 N–H and O–H groups in total. The first kappa shape index (κ1) is 20.4. The van der Waals surface area contributed by atoms with E-state index in [2.05, 4.69) is 33.0 Å². The number of amides is 2. The van der Waals surface area contributed by atoms with Crippen molar-refractivity contribution in [3.63, 3.8) is 0 Å². The second kappa shape index (κ2) is 9.17. The van der Waals surface area contributed by atoms with Crippen LogP contribution in [-0.2, 0) is 10.2 Å².